The first-order valence-electron chi connectivity index (χ1n) is 23.9. The summed E-state index contributed by atoms with van der Waals surface area (Å²) in [6.07, 6.45) is 1.36. The fourth-order valence-corrected chi connectivity index (χ4v) is 14.9. The SMILES string of the molecule is CC(C)(C)c1cc2c(c(C(C)(C)C)c1)O[As](O[As]1Oc3c(cc(C(C)(C)C)cc3C(C)(C)C)Cc3cc(C(C)(C)C)cc(C(C)(C)C)c3O1)Oc1c(cc(C(C)(C)C)cc1C(C)(C)C)C2. The van der Waals surface area contributed by atoms with Crippen LogP contribution in [0.3, 0.4) is 0 Å². The van der Waals surface area contributed by atoms with E-state index in [9.17, 15) is 0 Å². The van der Waals surface area contributed by atoms with Crippen molar-refractivity contribution in [3.8, 4) is 23.0 Å². The molecule has 0 aliphatic carbocycles. The molecule has 0 radical (unpaired) electrons. The van der Waals surface area contributed by atoms with Gasteiger partial charge in [-0.25, -0.2) is 0 Å². The Hall–Kier alpha value is -2.84. The van der Waals surface area contributed by atoms with Crippen LogP contribution in [0.15, 0.2) is 48.5 Å². The standard InChI is InChI=1S/C58H84As2O5/c1-51(2,3)39-27-35-25-36-28-40(52(4,5)6)32-44(56(16,17)18)48(36)62-59(61-47(35)43(31-39)55(13,14)15)65-60-63-49-37(29-41(53(7,8)9)33-45(49)57(19,20)21)26-38-30-42(54(10,11)12)34-46(50(38)64-60)58(22,23)24/h27-34H,25-26H2,1-24H3. The maximum atomic E-state index is 7.49. The van der Waals surface area contributed by atoms with E-state index >= 15 is 0 Å². The van der Waals surface area contributed by atoms with Crippen LogP contribution in [0.25, 0.3) is 0 Å². The van der Waals surface area contributed by atoms with Gasteiger partial charge in [0, 0.05) is 0 Å². The molecule has 0 spiro atoms. The quantitative estimate of drug-likeness (QED) is 0.187. The zero-order chi connectivity index (χ0) is 49.0. The summed E-state index contributed by atoms with van der Waals surface area (Å²) in [5.41, 5.74) is 13.3. The fraction of sp³-hybridized carbons (Fsp3) is 0.586. The minimum atomic E-state index is -3.30. The third-order valence-electron chi connectivity index (χ3n) is 12.9. The Morgan fingerprint density at radius 2 is 0.477 bits per heavy atom. The average Bonchev–Trinajstić information content (AvgIpc) is 3.08. The van der Waals surface area contributed by atoms with Gasteiger partial charge in [0.25, 0.3) is 0 Å². The van der Waals surface area contributed by atoms with Crippen LogP contribution in [0.5, 0.6) is 23.0 Å². The van der Waals surface area contributed by atoms with Crippen LogP contribution in [0.1, 0.15) is 233 Å². The third kappa shape index (κ3) is 11.4. The van der Waals surface area contributed by atoms with Crippen LogP contribution >= 0.6 is 0 Å². The molecule has 0 amide bonds. The van der Waals surface area contributed by atoms with E-state index in [0.717, 1.165) is 67.5 Å². The molecule has 4 aromatic rings. The maximum absolute atomic E-state index is 7.49. The minimum absolute atomic E-state index is 0.0712. The van der Waals surface area contributed by atoms with Crippen molar-refractivity contribution in [3.05, 3.63) is 115 Å². The van der Waals surface area contributed by atoms with Crippen molar-refractivity contribution in [1.29, 1.82) is 0 Å². The summed E-state index contributed by atoms with van der Waals surface area (Å²) < 4.78 is 37.2. The van der Waals surface area contributed by atoms with Gasteiger partial charge in [-0.3, -0.25) is 0 Å². The Balaban J connectivity index is 1.67. The normalized spacial score (nSPS) is 16.0. The summed E-state index contributed by atoms with van der Waals surface area (Å²) in [6, 6.07) is 19.0. The van der Waals surface area contributed by atoms with Crippen LogP contribution in [-0.4, -0.2) is 31.4 Å². The van der Waals surface area contributed by atoms with E-state index in [-0.39, 0.29) is 43.3 Å². The number of hydrogen-bond donors (Lipinski definition) is 0. The van der Waals surface area contributed by atoms with Crippen LogP contribution < -0.4 is 14.9 Å². The van der Waals surface area contributed by atoms with Gasteiger partial charge in [0.05, 0.1) is 0 Å². The number of rotatable bonds is 2. The molecular formula is C58H84As2O5. The van der Waals surface area contributed by atoms with E-state index in [0.29, 0.717) is 12.8 Å². The van der Waals surface area contributed by atoms with Gasteiger partial charge in [-0.2, -0.15) is 0 Å². The van der Waals surface area contributed by atoms with Crippen molar-refractivity contribution in [2.75, 3.05) is 0 Å². The number of benzene rings is 4. The molecule has 0 saturated heterocycles. The first-order valence-corrected chi connectivity index (χ1v) is 28.5. The molecule has 0 atom stereocenters. The summed E-state index contributed by atoms with van der Waals surface area (Å²) >= 11 is -6.60. The van der Waals surface area contributed by atoms with E-state index < -0.39 is 31.4 Å². The van der Waals surface area contributed by atoms with Gasteiger partial charge in [0.15, 0.2) is 0 Å². The Kier molecular flexibility index (Phi) is 13.5. The van der Waals surface area contributed by atoms with Crippen molar-refractivity contribution in [2.45, 2.75) is 222 Å². The number of fused-ring (bicyclic) bond motifs is 4. The molecule has 0 unspecified atom stereocenters. The molecule has 7 heteroatoms. The van der Waals surface area contributed by atoms with Crippen LogP contribution in [0, 0.1) is 0 Å². The van der Waals surface area contributed by atoms with E-state index in [1.165, 1.54) is 22.3 Å². The molecule has 6 rings (SSSR count). The molecule has 0 saturated carbocycles. The molecule has 0 fully saturated rings. The molecule has 4 aromatic carbocycles. The van der Waals surface area contributed by atoms with E-state index in [1.807, 2.05) is 0 Å². The summed E-state index contributed by atoms with van der Waals surface area (Å²) in [4.78, 5) is 0. The summed E-state index contributed by atoms with van der Waals surface area (Å²) in [5.74, 6) is 3.47. The van der Waals surface area contributed by atoms with Gasteiger partial charge < -0.3 is 0 Å². The van der Waals surface area contributed by atoms with Gasteiger partial charge >= 0.3 is 410 Å². The monoisotopic (exact) mass is 1010 g/mol. The Bertz CT molecular complexity index is 2100. The topological polar surface area (TPSA) is 46.2 Å². The van der Waals surface area contributed by atoms with Crippen LogP contribution in [0.2, 0.25) is 0 Å². The van der Waals surface area contributed by atoms with Crippen LogP contribution in [0.4, 0.5) is 0 Å². The second-order valence-corrected chi connectivity index (χ2v) is 32.8. The zero-order valence-corrected chi connectivity index (χ0v) is 48.7. The van der Waals surface area contributed by atoms with Crippen molar-refractivity contribution < 1.29 is 17.6 Å². The molecule has 2 heterocycles. The molecule has 0 N–H and O–H groups in total. The predicted octanol–water partition coefficient (Wildman–Crippen LogP) is 15.5. The van der Waals surface area contributed by atoms with Crippen molar-refractivity contribution >= 4 is 31.4 Å². The molecule has 65 heavy (non-hydrogen) atoms. The summed E-state index contributed by atoms with van der Waals surface area (Å²) in [5, 5.41) is 0. The molecular weight excluding hydrogens is 926 g/mol. The first kappa shape index (κ1) is 51.5. The van der Waals surface area contributed by atoms with Gasteiger partial charge in [-0.1, -0.05) is 0 Å². The van der Waals surface area contributed by atoms with Gasteiger partial charge in [0.1, 0.15) is 0 Å². The fourth-order valence-electron chi connectivity index (χ4n) is 8.54. The van der Waals surface area contributed by atoms with Crippen molar-refractivity contribution in [1.82, 2.24) is 0 Å². The number of hydrogen-bond acceptors (Lipinski definition) is 5. The predicted molar refractivity (Wildman–Crippen MR) is 276 cm³/mol. The van der Waals surface area contributed by atoms with Crippen molar-refractivity contribution in [2.24, 2.45) is 0 Å². The molecule has 356 valence electrons. The van der Waals surface area contributed by atoms with Crippen molar-refractivity contribution in [3.63, 3.8) is 0 Å². The Morgan fingerprint density at radius 1 is 0.292 bits per heavy atom. The second kappa shape index (κ2) is 17.0. The molecule has 5 nitrogen and oxygen atoms in total. The first-order chi connectivity index (χ1) is 29.2. The van der Waals surface area contributed by atoms with Gasteiger partial charge in [-0.15, -0.1) is 0 Å². The van der Waals surface area contributed by atoms with E-state index in [4.69, 9.17) is 17.6 Å². The van der Waals surface area contributed by atoms with E-state index in [1.54, 1.807) is 0 Å². The Labute approximate surface area is 407 Å². The molecule has 2 aliphatic rings. The average molecular weight is 1010 g/mol. The Morgan fingerprint density at radius 3 is 0.631 bits per heavy atom. The molecule has 0 aromatic heterocycles. The summed E-state index contributed by atoms with van der Waals surface area (Å²) in [6.45, 7) is 55.0. The molecule has 0 bridgehead atoms. The zero-order valence-electron chi connectivity index (χ0n) is 45.0. The third-order valence-corrected chi connectivity index (χ3v) is 19.2. The molecule has 2 aliphatic heterocycles. The second-order valence-electron chi connectivity index (χ2n) is 27.3. The van der Waals surface area contributed by atoms with E-state index in [2.05, 4.69) is 215 Å². The van der Waals surface area contributed by atoms with Gasteiger partial charge in [0.2, 0.25) is 0 Å². The summed E-state index contributed by atoms with van der Waals surface area (Å²) in [7, 11) is 0. The van der Waals surface area contributed by atoms with Gasteiger partial charge in [-0.05, 0) is 0 Å². The van der Waals surface area contributed by atoms with Crippen LogP contribution in [-0.2, 0) is 58.9 Å².